The molecule has 0 aromatic heterocycles. The molecule has 1 atom stereocenters. The number of sulfonamides is 1. The van der Waals surface area contributed by atoms with Gasteiger partial charge >= 0.3 is 0 Å². The quantitative estimate of drug-likeness (QED) is 0.170. The van der Waals surface area contributed by atoms with Gasteiger partial charge in [-0.3, -0.25) is 13.9 Å². The lowest BCUT2D eigenvalue weighted by atomic mass is 10.0. The van der Waals surface area contributed by atoms with Gasteiger partial charge in [0.25, 0.3) is 10.0 Å². The number of nitrogens with zero attached hydrogens (tertiary/aromatic N) is 2. The fourth-order valence-electron chi connectivity index (χ4n) is 4.87. The minimum absolute atomic E-state index is 0.0162. The van der Waals surface area contributed by atoms with Crippen LogP contribution in [0.3, 0.4) is 0 Å². The van der Waals surface area contributed by atoms with Gasteiger partial charge < -0.3 is 10.2 Å². The Hall–Kier alpha value is -3.37. The van der Waals surface area contributed by atoms with Crippen LogP contribution in [0.25, 0.3) is 0 Å². The molecule has 1 N–H and O–H groups in total. The van der Waals surface area contributed by atoms with Gasteiger partial charge in [-0.1, -0.05) is 105 Å². The van der Waals surface area contributed by atoms with Crippen LogP contribution >= 0.6 is 39.1 Å². The maximum atomic E-state index is 14.6. The number of anilines is 1. The van der Waals surface area contributed by atoms with E-state index in [1.54, 1.807) is 18.2 Å². The number of amides is 2. The number of aryl methyl sites for hydroxylation is 1. The predicted molar refractivity (Wildman–Crippen MR) is 189 cm³/mol. The Balaban J connectivity index is 1.85. The van der Waals surface area contributed by atoms with Gasteiger partial charge in [-0.25, -0.2) is 8.42 Å². The molecule has 0 radical (unpaired) electrons. The van der Waals surface area contributed by atoms with Crippen molar-refractivity contribution in [3.8, 4) is 0 Å². The van der Waals surface area contributed by atoms with Gasteiger partial charge in [0.1, 0.15) is 12.6 Å². The molecule has 0 bridgehead atoms. The molecule has 11 heteroatoms. The molecule has 242 valence electrons. The number of hydrogen-bond donors (Lipinski definition) is 1. The van der Waals surface area contributed by atoms with E-state index in [1.165, 1.54) is 29.2 Å². The number of rotatable bonds is 11. The molecular weight excluding hydrogens is 709 g/mol. The van der Waals surface area contributed by atoms with Crippen molar-refractivity contribution in [2.75, 3.05) is 10.8 Å². The fraction of sp³-hybridized carbons (Fsp3) is 0.257. The Labute approximate surface area is 289 Å². The molecule has 0 saturated heterocycles. The van der Waals surface area contributed by atoms with E-state index in [1.807, 2.05) is 82.3 Å². The Morgan fingerprint density at radius 1 is 0.870 bits per heavy atom. The van der Waals surface area contributed by atoms with Gasteiger partial charge in [0.15, 0.2) is 0 Å². The van der Waals surface area contributed by atoms with E-state index in [0.29, 0.717) is 0 Å². The number of hydrogen-bond acceptors (Lipinski definition) is 4. The summed E-state index contributed by atoms with van der Waals surface area (Å²) in [6.45, 7) is 6.83. The monoisotopic (exact) mass is 743 g/mol. The van der Waals surface area contributed by atoms with Crippen LogP contribution in [0.1, 0.15) is 37.5 Å². The van der Waals surface area contributed by atoms with Crippen molar-refractivity contribution in [2.24, 2.45) is 0 Å². The third-order valence-electron chi connectivity index (χ3n) is 7.10. The van der Waals surface area contributed by atoms with Crippen molar-refractivity contribution < 1.29 is 18.0 Å². The first kappa shape index (κ1) is 35.5. The second-order valence-corrected chi connectivity index (χ2v) is 15.6. The fourth-order valence-corrected chi connectivity index (χ4v) is 7.20. The van der Waals surface area contributed by atoms with Crippen molar-refractivity contribution in [1.29, 1.82) is 0 Å². The van der Waals surface area contributed by atoms with E-state index in [2.05, 4.69) is 21.2 Å². The third-order valence-corrected chi connectivity index (χ3v) is 10.2. The van der Waals surface area contributed by atoms with E-state index in [9.17, 15) is 18.0 Å². The van der Waals surface area contributed by atoms with Crippen LogP contribution in [0.5, 0.6) is 0 Å². The van der Waals surface area contributed by atoms with E-state index in [4.69, 9.17) is 23.2 Å². The number of carbonyl (C=O) groups is 2. The molecule has 0 spiro atoms. The van der Waals surface area contributed by atoms with E-state index < -0.39 is 34.1 Å². The highest BCUT2D eigenvalue weighted by atomic mass is 79.9. The molecule has 0 unspecified atom stereocenters. The normalized spacial score (nSPS) is 12.3. The zero-order valence-electron chi connectivity index (χ0n) is 26.0. The van der Waals surface area contributed by atoms with Crippen molar-refractivity contribution in [1.82, 2.24) is 10.2 Å². The van der Waals surface area contributed by atoms with Gasteiger partial charge in [0.05, 0.1) is 20.6 Å². The average molecular weight is 746 g/mol. The molecule has 0 aliphatic heterocycles. The zero-order chi connectivity index (χ0) is 33.6. The second kappa shape index (κ2) is 15.0. The first-order chi connectivity index (χ1) is 21.7. The van der Waals surface area contributed by atoms with Gasteiger partial charge in [-0.15, -0.1) is 0 Å². The summed E-state index contributed by atoms with van der Waals surface area (Å²) in [5, 5.41) is 3.14. The summed E-state index contributed by atoms with van der Waals surface area (Å²) in [6, 6.07) is 26.7. The highest BCUT2D eigenvalue weighted by molar-refractivity contribution is 9.10. The smallest absolute Gasteiger partial charge is 0.264 e. The van der Waals surface area contributed by atoms with Crippen LogP contribution < -0.4 is 9.62 Å². The van der Waals surface area contributed by atoms with Crippen LogP contribution in [-0.2, 0) is 32.6 Å². The Morgan fingerprint density at radius 2 is 1.50 bits per heavy atom. The van der Waals surface area contributed by atoms with Crippen molar-refractivity contribution >= 4 is 66.7 Å². The zero-order valence-corrected chi connectivity index (χ0v) is 29.9. The summed E-state index contributed by atoms with van der Waals surface area (Å²) in [6.07, 6.45) is 0.200. The Bertz CT molecular complexity index is 1800. The Morgan fingerprint density at radius 3 is 2.13 bits per heavy atom. The second-order valence-electron chi connectivity index (χ2n) is 12.0. The lowest BCUT2D eigenvalue weighted by Gasteiger charge is -2.35. The van der Waals surface area contributed by atoms with Crippen molar-refractivity contribution in [3.05, 3.63) is 128 Å². The van der Waals surface area contributed by atoms with Crippen LogP contribution in [0, 0.1) is 6.92 Å². The number of nitrogens with one attached hydrogen (secondary N) is 1. The lowest BCUT2D eigenvalue weighted by molar-refractivity contribution is -0.140. The van der Waals surface area contributed by atoms with Gasteiger partial charge in [0, 0.05) is 23.0 Å². The maximum absolute atomic E-state index is 14.6. The van der Waals surface area contributed by atoms with Crippen LogP contribution in [0.4, 0.5) is 5.69 Å². The van der Waals surface area contributed by atoms with Crippen LogP contribution in [-0.4, -0.2) is 43.3 Å². The molecule has 0 aliphatic rings. The lowest BCUT2D eigenvalue weighted by Crippen LogP contribution is -2.56. The van der Waals surface area contributed by atoms with E-state index in [-0.39, 0.29) is 39.5 Å². The molecular formula is C35H36BrCl2N3O4S. The largest absolute Gasteiger partial charge is 0.350 e. The molecule has 4 aromatic rings. The molecule has 7 nitrogen and oxygen atoms in total. The predicted octanol–water partition coefficient (Wildman–Crippen LogP) is 7.81. The first-order valence-corrected chi connectivity index (χ1v) is 17.6. The number of carbonyl (C=O) groups excluding carboxylic acids is 2. The maximum Gasteiger partial charge on any atom is 0.264 e. The van der Waals surface area contributed by atoms with E-state index >= 15 is 0 Å². The molecule has 4 aromatic carbocycles. The highest BCUT2D eigenvalue weighted by Crippen LogP contribution is 2.36. The number of benzene rings is 4. The minimum Gasteiger partial charge on any atom is -0.350 e. The minimum atomic E-state index is -4.32. The number of halogens is 3. The van der Waals surface area contributed by atoms with Gasteiger partial charge in [-0.2, -0.15) is 0 Å². The summed E-state index contributed by atoms with van der Waals surface area (Å²) in [7, 11) is -4.32. The Kier molecular flexibility index (Phi) is 11.6. The van der Waals surface area contributed by atoms with E-state index in [0.717, 1.165) is 25.5 Å². The first-order valence-electron chi connectivity index (χ1n) is 14.6. The molecule has 0 aliphatic carbocycles. The topological polar surface area (TPSA) is 86.8 Å². The summed E-state index contributed by atoms with van der Waals surface area (Å²) in [5.41, 5.74) is 1.91. The summed E-state index contributed by atoms with van der Waals surface area (Å²) >= 11 is 16.4. The van der Waals surface area contributed by atoms with Crippen LogP contribution in [0.2, 0.25) is 10.0 Å². The SMILES string of the molecule is Cc1ccc(S(=O)(=O)N(CC(=O)N(Cc2cccc(Br)c2)[C@@H](Cc2ccccc2)C(=O)NC(C)(C)C)c2cccc(Cl)c2Cl)cc1. The average Bonchev–Trinajstić information content (AvgIpc) is 2.99. The van der Waals surface area contributed by atoms with Crippen LogP contribution in [0.15, 0.2) is 106 Å². The van der Waals surface area contributed by atoms with Gasteiger partial charge in [-0.05, 0) is 75.2 Å². The molecule has 0 saturated carbocycles. The summed E-state index contributed by atoms with van der Waals surface area (Å²) < 4.78 is 30.2. The summed E-state index contributed by atoms with van der Waals surface area (Å²) in [5.74, 6) is -0.967. The standard InChI is InChI=1S/C35H36BrCl2N3O4S/c1-24-16-18-28(19-17-24)46(44,45)41(30-15-9-14-29(37)33(30)38)23-32(42)40(22-26-12-8-13-27(36)20-26)31(34(43)39-35(2,3)4)21-25-10-6-5-7-11-25/h5-20,31H,21-23H2,1-4H3,(H,39,43)/t31-/m0/s1. The molecule has 4 rings (SSSR count). The molecule has 46 heavy (non-hydrogen) atoms. The van der Waals surface area contributed by atoms with Crippen molar-refractivity contribution in [2.45, 2.75) is 57.1 Å². The highest BCUT2D eigenvalue weighted by Gasteiger charge is 2.36. The summed E-state index contributed by atoms with van der Waals surface area (Å²) in [4.78, 5) is 30.0. The van der Waals surface area contributed by atoms with Gasteiger partial charge in [0.2, 0.25) is 11.8 Å². The van der Waals surface area contributed by atoms with Crippen molar-refractivity contribution in [3.63, 3.8) is 0 Å². The molecule has 0 fully saturated rings. The molecule has 0 heterocycles. The molecule has 2 amide bonds. The third kappa shape index (κ3) is 9.12.